The average Bonchev–Trinajstić information content (AvgIpc) is 2.61. The fraction of sp³-hybridized carbons (Fsp3) is 0.278. The van der Waals surface area contributed by atoms with Crippen molar-refractivity contribution >= 4 is 27.7 Å². The second-order valence-electron chi connectivity index (χ2n) is 5.61. The number of rotatable bonds is 9. The Bertz CT molecular complexity index is 823. The Morgan fingerprint density at radius 3 is 2.35 bits per heavy atom. The zero-order chi connectivity index (χ0) is 19.0. The van der Waals surface area contributed by atoms with Gasteiger partial charge in [-0.3, -0.25) is 4.79 Å². The van der Waals surface area contributed by atoms with Gasteiger partial charge in [0.25, 0.3) is 0 Å². The van der Waals surface area contributed by atoms with Crippen LogP contribution in [0.4, 0.5) is 4.39 Å². The maximum atomic E-state index is 12.8. The summed E-state index contributed by atoms with van der Waals surface area (Å²) in [5.41, 5.74) is 0.981. The minimum Gasteiger partial charge on any atom is -0.355 e. The fourth-order valence-corrected chi connectivity index (χ4v) is 3.95. The number of amides is 1. The van der Waals surface area contributed by atoms with Crippen molar-refractivity contribution < 1.29 is 17.6 Å². The molecule has 0 radical (unpaired) electrons. The molecule has 0 bridgehead atoms. The van der Waals surface area contributed by atoms with E-state index in [0.717, 1.165) is 10.5 Å². The molecule has 0 aliphatic heterocycles. The van der Waals surface area contributed by atoms with E-state index in [9.17, 15) is 17.6 Å². The molecule has 0 fully saturated rings. The van der Waals surface area contributed by atoms with Crippen molar-refractivity contribution in [1.29, 1.82) is 0 Å². The number of halogens is 1. The molecule has 2 N–H and O–H groups in total. The first-order valence-electron chi connectivity index (χ1n) is 8.08. The third kappa shape index (κ3) is 6.78. The predicted molar refractivity (Wildman–Crippen MR) is 101 cm³/mol. The van der Waals surface area contributed by atoms with Gasteiger partial charge in [0.15, 0.2) is 0 Å². The minimum absolute atomic E-state index is 0.118. The standard InChI is InChI=1S/C18H21FN2O3S2/c1-14-2-8-17(9-3-14)26(23,24)21-12-11-20-18(22)10-13-25-16-6-4-15(19)5-7-16/h2-9,21H,10-13H2,1H3,(H,20,22). The number of aryl methyl sites for hydroxylation is 1. The first kappa shape index (κ1) is 20.4. The molecule has 0 aromatic heterocycles. The second-order valence-corrected chi connectivity index (χ2v) is 8.55. The van der Waals surface area contributed by atoms with Gasteiger partial charge in [-0.05, 0) is 43.3 Å². The lowest BCUT2D eigenvalue weighted by atomic mass is 10.2. The molecular weight excluding hydrogens is 375 g/mol. The summed E-state index contributed by atoms with van der Waals surface area (Å²) in [6, 6.07) is 12.6. The highest BCUT2D eigenvalue weighted by atomic mass is 32.2. The van der Waals surface area contributed by atoms with Gasteiger partial charge in [-0.15, -0.1) is 11.8 Å². The number of thioether (sulfide) groups is 1. The molecule has 0 saturated heterocycles. The molecule has 26 heavy (non-hydrogen) atoms. The SMILES string of the molecule is Cc1ccc(S(=O)(=O)NCCNC(=O)CCSc2ccc(F)cc2)cc1. The molecule has 2 aromatic carbocycles. The highest BCUT2D eigenvalue weighted by Crippen LogP contribution is 2.18. The van der Waals surface area contributed by atoms with Crippen LogP contribution in [0.25, 0.3) is 0 Å². The Morgan fingerprint density at radius 2 is 1.69 bits per heavy atom. The third-order valence-electron chi connectivity index (χ3n) is 3.48. The van der Waals surface area contributed by atoms with E-state index in [0.29, 0.717) is 12.2 Å². The van der Waals surface area contributed by atoms with Crippen molar-refractivity contribution in [1.82, 2.24) is 10.0 Å². The van der Waals surface area contributed by atoms with Crippen molar-refractivity contribution in [2.24, 2.45) is 0 Å². The number of hydrogen-bond donors (Lipinski definition) is 2. The molecule has 0 aliphatic carbocycles. The Kier molecular flexibility index (Phi) is 7.62. The highest BCUT2D eigenvalue weighted by molar-refractivity contribution is 7.99. The van der Waals surface area contributed by atoms with Crippen molar-refractivity contribution in [3.8, 4) is 0 Å². The first-order chi connectivity index (χ1) is 12.4. The smallest absolute Gasteiger partial charge is 0.240 e. The molecule has 8 heteroatoms. The van der Waals surface area contributed by atoms with Gasteiger partial charge in [0.2, 0.25) is 15.9 Å². The number of sulfonamides is 1. The van der Waals surface area contributed by atoms with E-state index in [4.69, 9.17) is 0 Å². The number of hydrogen-bond acceptors (Lipinski definition) is 4. The van der Waals surface area contributed by atoms with Gasteiger partial charge >= 0.3 is 0 Å². The van der Waals surface area contributed by atoms with Crippen LogP contribution in [0.15, 0.2) is 58.3 Å². The van der Waals surface area contributed by atoms with Gasteiger partial charge < -0.3 is 5.32 Å². The van der Waals surface area contributed by atoms with Gasteiger partial charge in [-0.25, -0.2) is 17.5 Å². The van der Waals surface area contributed by atoms with Crippen LogP contribution in [0.5, 0.6) is 0 Å². The average molecular weight is 397 g/mol. The number of carbonyl (C=O) groups excluding carboxylic acids is 1. The van der Waals surface area contributed by atoms with Gasteiger partial charge in [0, 0.05) is 30.2 Å². The van der Waals surface area contributed by atoms with Crippen LogP contribution < -0.4 is 10.0 Å². The van der Waals surface area contributed by atoms with Crippen LogP contribution in [0.2, 0.25) is 0 Å². The van der Waals surface area contributed by atoms with Crippen LogP contribution in [0.3, 0.4) is 0 Å². The fourth-order valence-electron chi connectivity index (χ4n) is 2.07. The van der Waals surface area contributed by atoms with Crippen LogP contribution in [-0.2, 0) is 14.8 Å². The van der Waals surface area contributed by atoms with Crippen LogP contribution in [-0.4, -0.2) is 33.2 Å². The molecule has 140 valence electrons. The van der Waals surface area contributed by atoms with E-state index < -0.39 is 10.0 Å². The molecule has 0 heterocycles. The highest BCUT2D eigenvalue weighted by Gasteiger charge is 2.12. The normalized spacial score (nSPS) is 11.3. The van der Waals surface area contributed by atoms with E-state index in [1.807, 2.05) is 6.92 Å². The summed E-state index contributed by atoms with van der Waals surface area (Å²) in [6.45, 7) is 2.21. The monoisotopic (exact) mass is 396 g/mol. The maximum Gasteiger partial charge on any atom is 0.240 e. The topological polar surface area (TPSA) is 75.3 Å². The summed E-state index contributed by atoms with van der Waals surface area (Å²) in [6.07, 6.45) is 0.298. The molecule has 0 aliphatic rings. The molecular formula is C18H21FN2O3S2. The van der Waals surface area contributed by atoms with Crippen molar-refractivity contribution in [2.45, 2.75) is 23.1 Å². The van der Waals surface area contributed by atoms with Gasteiger partial charge in [0.1, 0.15) is 5.82 Å². The Labute approximate surface area is 157 Å². The molecule has 0 unspecified atom stereocenters. The Balaban J connectivity index is 1.65. The molecule has 0 atom stereocenters. The summed E-state index contributed by atoms with van der Waals surface area (Å²) in [5.74, 6) is 0.112. The van der Waals surface area contributed by atoms with E-state index in [2.05, 4.69) is 10.0 Å². The van der Waals surface area contributed by atoms with Crippen LogP contribution >= 0.6 is 11.8 Å². The summed E-state index contributed by atoms with van der Waals surface area (Å²) in [7, 11) is -3.57. The Morgan fingerprint density at radius 1 is 1.04 bits per heavy atom. The van der Waals surface area contributed by atoms with Crippen LogP contribution in [0.1, 0.15) is 12.0 Å². The molecule has 1 amide bonds. The number of benzene rings is 2. The lowest BCUT2D eigenvalue weighted by molar-refractivity contribution is -0.120. The molecule has 0 spiro atoms. The second kappa shape index (κ2) is 9.70. The zero-order valence-corrected chi connectivity index (χ0v) is 16.0. The van der Waals surface area contributed by atoms with Crippen molar-refractivity contribution in [3.63, 3.8) is 0 Å². The maximum absolute atomic E-state index is 12.8. The largest absolute Gasteiger partial charge is 0.355 e. The van der Waals surface area contributed by atoms with Gasteiger partial charge in [0.05, 0.1) is 4.90 Å². The van der Waals surface area contributed by atoms with Crippen molar-refractivity contribution in [3.05, 3.63) is 59.9 Å². The van der Waals surface area contributed by atoms with E-state index in [-0.39, 0.29) is 29.7 Å². The number of carbonyl (C=O) groups is 1. The summed E-state index contributed by atoms with van der Waals surface area (Å²) in [4.78, 5) is 12.9. The van der Waals surface area contributed by atoms with Crippen molar-refractivity contribution in [2.75, 3.05) is 18.8 Å². The quantitative estimate of drug-likeness (QED) is 0.505. The summed E-state index contributed by atoms with van der Waals surface area (Å²) in [5, 5.41) is 2.67. The minimum atomic E-state index is -3.57. The van der Waals surface area contributed by atoms with Gasteiger partial charge in [-0.1, -0.05) is 17.7 Å². The van der Waals surface area contributed by atoms with E-state index in [1.54, 1.807) is 36.4 Å². The molecule has 2 rings (SSSR count). The van der Waals surface area contributed by atoms with Gasteiger partial charge in [-0.2, -0.15) is 0 Å². The molecule has 0 saturated carbocycles. The molecule has 5 nitrogen and oxygen atoms in total. The van der Waals surface area contributed by atoms with E-state index in [1.165, 1.54) is 23.9 Å². The predicted octanol–water partition coefficient (Wildman–Crippen LogP) is 2.71. The van der Waals surface area contributed by atoms with Crippen LogP contribution in [0, 0.1) is 12.7 Å². The summed E-state index contributed by atoms with van der Waals surface area (Å²) >= 11 is 1.46. The lowest BCUT2D eigenvalue weighted by Gasteiger charge is -2.08. The molecule has 2 aromatic rings. The third-order valence-corrected chi connectivity index (χ3v) is 5.97. The lowest BCUT2D eigenvalue weighted by Crippen LogP contribution is -2.34. The van der Waals surface area contributed by atoms with E-state index >= 15 is 0 Å². The Hall–Kier alpha value is -1.90. The zero-order valence-electron chi connectivity index (χ0n) is 14.4. The number of nitrogens with one attached hydrogen (secondary N) is 2. The first-order valence-corrected chi connectivity index (χ1v) is 10.5. The summed E-state index contributed by atoms with van der Waals surface area (Å²) < 4.78 is 39.4.